The highest BCUT2D eigenvalue weighted by Gasteiger charge is 2.37. The number of alkyl halides is 3. The zero-order valence-corrected chi connectivity index (χ0v) is 10.6. The second-order valence-electron chi connectivity index (χ2n) is 3.88. The van der Waals surface area contributed by atoms with Gasteiger partial charge in [0.25, 0.3) is 0 Å². The zero-order valence-electron chi connectivity index (χ0n) is 10.6. The molecular weight excluding hydrogens is 275 g/mol. The molecule has 0 radical (unpaired) electrons. The molecule has 1 aromatic rings. The van der Waals surface area contributed by atoms with Gasteiger partial charge in [0.1, 0.15) is 0 Å². The predicted octanol–water partition coefficient (Wildman–Crippen LogP) is 2.17. The number of rotatable bonds is 4. The van der Waals surface area contributed by atoms with Crippen molar-refractivity contribution < 1.29 is 27.8 Å². The molecule has 20 heavy (non-hydrogen) atoms. The van der Waals surface area contributed by atoms with Gasteiger partial charge in [-0.1, -0.05) is 6.07 Å². The fourth-order valence-electron chi connectivity index (χ4n) is 1.81. The smallest absolute Gasteiger partial charge is 0.417 e. The molecule has 0 aliphatic heterocycles. The Balaban J connectivity index is 3.44. The van der Waals surface area contributed by atoms with E-state index in [1.807, 2.05) is 0 Å². The van der Waals surface area contributed by atoms with Gasteiger partial charge in [-0.25, -0.2) is 0 Å². The highest BCUT2D eigenvalue weighted by Crippen LogP contribution is 2.36. The third-order valence-corrected chi connectivity index (χ3v) is 2.61. The standard InChI is InChI=1S/C13H12F3NO3/c1-2-20-11(19)5-10-9(7-18)4-3-8(6-17)12(10)13(14,15)16/h3-4,18H,2,5,7H2,1H3. The first-order valence-corrected chi connectivity index (χ1v) is 5.73. The van der Waals surface area contributed by atoms with Crippen molar-refractivity contribution in [3.05, 3.63) is 34.4 Å². The highest BCUT2D eigenvalue weighted by molar-refractivity contribution is 5.74. The Labute approximate surface area is 113 Å². The molecule has 4 nitrogen and oxygen atoms in total. The molecule has 0 bridgehead atoms. The second-order valence-corrected chi connectivity index (χ2v) is 3.88. The van der Waals surface area contributed by atoms with Crippen LogP contribution in [0.4, 0.5) is 13.2 Å². The van der Waals surface area contributed by atoms with Gasteiger partial charge in [0.2, 0.25) is 0 Å². The van der Waals surface area contributed by atoms with Crippen LogP contribution in [0.3, 0.4) is 0 Å². The van der Waals surface area contributed by atoms with E-state index >= 15 is 0 Å². The van der Waals surface area contributed by atoms with E-state index in [4.69, 9.17) is 10.4 Å². The molecule has 0 aliphatic rings. The van der Waals surface area contributed by atoms with Gasteiger partial charge in [-0.05, 0) is 24.1 Å². The average Bonchev–Trinajstić information content (AvgIpc) is 2.36. The number of nitriles is 1. The minimum absolute atomic E-state index is 0.0343. The topological polar surface area (TPSA) is 70.3 Å². The van der Waals surface area contributed by atoms with Crippen LogP contribution in [0.25, 0.3) is 0 Å². The number of carbonyl (C=O) groups excluding carboxylic acids is 1. The number of aliphatic hydroxyl groups is 1. The van der Waals surface area contributed by atoms with Crippen molar-refractivity contribution in [2.75, 3.05) is 6.61 Å². The fourth-order valence-corrected chi connectivity index (χ4v) is 1.81. The van der Waals surface area contributed by atoms with Crippen LogP contribution in [0, 0.1) is 11.3 Å². The van der Waals surface area contributed by atoms with E-state index in [0.717, 1.165) is 6.07 Å². The maximum absolute atomic E-state index is 13.1. The Bertz CT molecular complexity index is 547. The van der Waals surface area contributed by atoms with Gasteiger partial charge in [-0.15, -0.1) is 0 Å². The van der Waals surface area contributed by atoms with Crippen molar-refractivity contribution in [3.8, 4) is 6.07 Å². The Morgan fingerprint density at radius 1 is 1.45 bits per heavy atom. The molecule has 0 fully saturated rings. The molecule has 108 valence electrons. The van der Waals surface area contributed by atoms with E-state index in [1.54, 1.807) is 0 Å². The largest absolute Gasteiger partial charge is 0.466 e. The maximum atomic E-state index is 13.1. The van der Waals surface area contributed by atoms with Crippen molar-refractivity contribution in [2.24, 2.45) is 0 Å². The van der Waals surface area contributed by atoms with Gasteiger partial charge in [0.15, 0.2) is 0 Å². The normalized spacial score (nSPS) is 11.0. The van der Waals surface area contributed by atoms with E-state index < -0.39 is 41.9 Å². The fraction of sp³-hybridized carbons (Fsp3) is 0.385. The molecule has 7 heteroatoms. The van der Waals surface area contributed by atoms with Crippen LogP contribution in [0.5, 0.6) is 0 Å². The number of hydrogen-bond donors (Lipinski definition) is 1. The summed E-state index contributed by atoms with van der Waals surface area (Å²) in [5.41, 5.74) is -2.25. The van der Waals surface area contributed by atoms with Crippen molar-refractivity contribution >= 4 is 5.97 Å². The summed E-state index contributed by atoms with van der Waals surface area (Å²) in [5.74, 6) is -0.845. The molecule has 1 N–H and O–H groups in total. The van der Waals surface area contributed by atoms with Gasteiger partial charge in [-0.3, -0.25) is 4.79 Å². The van der Waals surface area contributed by atoms with Gasteiger partial charge in [0, 0.05) is 0 Å². The summed E-state index contributed by atoms with van der Waals surface area (Å²) in [5, 5.41) is 17.9. The predicted molar refractivity (Wildman–Crippen MR) is 62.4 cm³/mol. The summed E-state index contributed by atoms with van der Waals surface area (Å²) in [4.78, 5) is 11.4. The Morgan fingerprint density at radius 2 is 2.10 bits per heavy atom. The number of benzene rings is 1. The Kier molecular flexibility index (Phi) is 5.11. The summed E-state index contributed by atoms with van der Waals surface area (Å²) in [6.07, 6.45) is -5.44. The number of carbonyl (C=O) groups is 1. The van der Waals surface area contributed by atoms with E-state index in [1.165, 1.54) is 19.1 Å². The molecule has 0 aliphatic carbocycles. The molecule has 0 unspecified atom stereocenters. The lowest BCUT2D eigenvalue weighted by Crippen LogP contribution is -2.18. The van der Waals surface area contributed by atoms with Crippen LogP contribution in [0.2, 0.25) is 0 Å². The van der Waals surface area contributed by atoms with Gasteiger partial charge in [0.05, 0.1) is 36.8 Å². The van der Waals surface area contributed by atoms with E-state index in [2.05, 4.69) is 4.74 Å². The van der Waals surface area contributed by atoms with Crippen LogP contribution in [0.1, 0.15) is 29.2 Å². The average molecular weight is 287 g/mol. The number of nitrogens with zero attached hydrogens (tertiary/aromatic N) is 1. The van der Waals surface area contributed by atoms with Crippen LogP contribution in [0.15, 0.2) is 12.1 Å². The molecule has 0 amide bonds. The second kappa shape index (κ2) is 6.39. The first-order valence-electron chi connectivity index (χ1n) is 5.73. The lowest BCUT2D eigenvalue weighted by atomic mass is 9.94. The van der Waals surface area contributed by atoms with Crippen molar-refractivity contribution in [1.29, 1.82) is 5.26 Å². The lowest BCUT2D eigenvalue weighted by molar-refractivity contribution is -0.143. The quantitative estimate of drug-likeness (QED) is 0.862. The molecule has 0 saturated heterocycles. The first kappa shape index (κ1) is 16.0. The molecule has 1 aromatic carbocycles. The van der Waals surface area contributed by atoms with Crippen LogP contribution >= 0.6 is 0 Å². The molecule has 0 saturated carbocycles. The van der Waals surface area contributed by atoms with Crippen molar-refractivity contribution in [1.82, 2.24) is 0 Å². The minimum atomic E-state index is -4.79. The molecule has 0 spiro atoms. The van der Waals surface area contributed by atoms with Crippen molar-refractivity contribution in [3.63, 3.8) is 0 Å². The van der Waals surface area contributed by atoms with Crippen LogP contribution < -0.4 is 0 Å². The summed E-state index contributed by atoms with van der Waals surface area (Å²) < 4.78 is 43.8. The van der Waals surface area contributed by atoms with Gasteiger partial charge >= 0.3 is 12.1 Å². The first-order chi connectivity index (χ1) is 9.35. The number of hydrogen-bond acceptors (Lipinski definition) is 4. The maximum Gasteiger partial charge on any atom is 0.417 e. The molecule has 0 heterocycles. The zero-order chi connectivity index (χ0) is 15.3. The van der Waals surface area contributed by atoms with Gasteiger partial charge in [-0.2, -0.15) is 18.4 Å². The van der Waals surface area contributed by atoms with E-state index in [-0.39, 0.29) is 12.2 Å². The summed E-state index contributed by atoms with van der Waals surface area (Å²) in [6, 6.07) is 3.62. The van der Waals surface area contributed by atoms with Crippen LogP contribution in [-0.4, -0.2) is 17.7 Å². The lowest BCUT2D eigenvalue weighted by Gasteiger charge is -2.17. The SMILES string of the molecule is CCOC(=O)Cc1c(CO)ccc(C#N)c1C(F)(F)F. The minimum Gasteiger partial charge on any atom is -0.466 e. The molecule has 0 aromatic heterocycles. The van der Waals surface area contributed by atoms with Crippen molar-refractivity contribution in [2.45, 2.75) is 26.1 Å². The van der Waals surface area contributed by atoms with E-state index in [0.29, 0.717) is 0 Å². The third kappa shape index (κ3) is 3.48. The van der Waals surface area contributed by atoms with Gasteiger partial charge < -0.3 is 9.84 Å². The summed E-state index contributed by atoms with van der Waals surface area (Å²) in [6.45, 7) is 0.900. The number of ether oxygens (including phenoxy) is 1. The number of halogens is 3. The number of esters is 1. The highest BCUT2D eigenvalue weighted by atomic mass is 19.4. The molecule has 1 rings (SSSR count). The summed E-state index contributed by atoms with van der Waals surface area (Å²) >= 11 is 0. The van der Waals surface area contributed by atoms with E-state index in [9.17, 15) is 18.0 Å². The monoisotopic (exact) mass is 287 g/mol. The Hall–Kier alpha value is -2.07. The molecule has 0 atom stereocenters. The third-order valence-electron chi connectivity index (χ3n) is 2.61. The van der Waals surface area contributed by atoms with Crippen LogP contribution in [-0.2, 0) is 28.7 Å². The number of aliphatic hydroxyl groups excluding tert-OH is 1. The molecular formula is C13H12F3NO3. The summed E-state index contributed by atoms with van der Waals surface area (Å²) in [7, 11) is 0. The Morgan fingerprint density at radius 3 is 2.55 bits per heavy atom.